The van der Waals surface area contributed by atoms with E-state index in [0.29, 0.717) is 18.7 Å². The summed E-state index contributed by atoms with van der Waals surface area (Å²) in [5, 5.41) is 8.89. The fourth-order valence-corrected chi connectivity index (χ4v) is 2.80. The van der Waals surface area contributed by atoms with Crippen LogP contribution in [0.5, 0.6) is 0 Å². The first-order valence-electron chi connectivity index (χ1n) is 8.26. The molecule has 1 amide bonds. The van der Waals surface area contributed by atoms with Gasteiger partial charge in [-0.25, -0.2) is 14.0 Å². The summed E-state index contributed by atoms with van der Waals surface area (Å²) in [6.45, 7) is 7.20. The fourth-order valence-electron chi connectivity index (χ4n) is 2.80. The number of likely N-dealkylation sites (N-methyl/N-ethyl adjacent to an activating group) is 1. The molecule has 1 heterocycles. The second-order valence-corrected chi connectivity index (χ2v) is 7.38. The third-order valence-corrected chi connectivity index (χ3v) is 4.17. The van der Waals surface area contributed by atoms with Gasteiger partial charge in [0.2, 0.25) is 0 Å². The molecule has 1 aromatic carbocycles. The van der Waals surface area contributed by atoms with Crippen LogP contribution in [-0.4, -0.2) is 58.7 Å². The van der Waals surface area contributed by atoms with Crippen LogP contribution in [0.2, 0.25) is 0 Å². The Balaban J connectivity index is 1.95. The number of amides is 1. The number of benzene rings is 1. The number of likely N-dealkylation sites (tertiary alicyclic amines) is 1. The highest BCUT2D eigenvalue weighted by Gasteiger charge is 2.31. The Kier molecular flexibility index (Phi) is 5.67. The van der Waals surface area contributed by atoms with Crippen molar-refractivity contribution in [1.82, 2.24) is 9.80 Å². The Labute approximate surface area is 147 Å². The van der Waals surface area contributed by atoms with E-state index in [-0.39, 0.29) is 17.7 Å². The SMILES string of the molecule is CN(C(=O)OC(C)(C)C)[C@@H]1CCN(Cc2ccc(C(=O)O)cc2F)C1. The van der Waals surface area contributed by atoms with Gasteiger partial charge in [0.25, 0.3) is 0 Å². The van der Waals surface area contributed by atoms with Gasteiger partial charge in [0.05, 0.1) is 5.56 Å². The van der Waals surface area contributed by atoms with Crippen LogP contribution in [0.25, 0.3) is 0 Å². The molecule has 0 aliphatic carbocycles. The molecule has 2 rings (SSSR count). The number of ether oxygens (including phenoxy) is 1. The molecule has 0 spiro atoms. The van der Waals surface area contributed by atoms with Gasteiger partial charge in [-0.15, -0.1) is 0 Å². The molecule has 0 aromatic heterocycles. The van der Waals surface area contributed by atoms with Crippen molar-refractivity contribution >= 4 is 12.1 Å². The first kappa shape index (κ1) is 19.2. The van der Waals surface area contributed by atoms with Crippen LogP contribution in [0.3, 0.4) is 0 Å². The molecule has 1 atom stereocenters. The van der Waals surface area contributed by atoms with Crippen molar-refractivity contribution in [2.75, 3.05) is 20.1 Å². The Morgan fingerprint density at radius 1 is 1.40 bits per heavy atom. The predicted molar refractivity (Wildman–Crippen MR) is 91.0 cm³/mol. The van der Waals surface area contributed by atoms with Crippen LogP contribution >= 0.6 is 0 Å². The van der Waals surface area contributed by atoms with E-state index in [9.17, 15) is 14.0 Å². The number of nitrogens with zero attached hydrogens (tertiary/aromatic N) is 2. The number of hydrogen-bond acceptors (Lipinski definition) is 4. The Hall–Kier alpha value is -2.15. The maximum absolute atomic E-state index is 14.1. The normalized spacial score (nSPS) is 18.2. The zero-order valence-corrected chi connectivity index (χ0v) is 15.1. The van der Waals surface area contributed by atoms with Crippen molar-refractivity contribution in [3.05, 3.63) is 35.1 Å². The third kappa shape index (κ3) is 5.16. The molecule has 1 N–H and O–H groups in total. The summed E-state index contributed by atoms with van der Waals surface area (Å²) in [7, 11) is 1.71. The number of carbonyl (C=O) groups excluding carboxylic acids is 1. The fraction of sp³-hybridized carbons (Fsp3) is 0.556. The zero-order chi connectivity index (χ0) is 18.8. The molecule has 138 valence electrons. The average Bonchev–Trinajstić information content (AvgIpc) is 2.95. The number of aromatic carboxylic acids is 1. The van der Waals surface area contributed by atoms with E-state index in [2.05, 4.69) is 0 Å². The van der Waals surface area contributed by atoms with E-state index < -0.39 is 17.4 Å². The number of carbonyl (C=O) groups is 2. The highest BCUT2D eigenvalue weighted by molar-refractivity contribution is 5.87. The Morgan fingerprint density at radius 2 is 2.08 bits per heavy atom. The number of halogens is 1. The first-order chi connectivity index (χ1) is 11.6. The molecular formula is C18H25FN2O4. The van der Waals surface area contributed by atoms with Gasteiger partial charge >= 0.3 is 12.1 Å². The van der Waals surface area contributed by atoms with E-state index in [1.807, 2.05) is 25.7 Å². The van der Waals surface area contributed by atoms with Crippen molar-refractivity contribution in [2.45, 2.75) is 45.4 Å². The number of hydrogen-bond donors (Lipinski definition) is 1. The maximum atomic E-state index is 14.1. The van der Waals surface area contributed by atoms with E-state index in [1.165, 1.54) is 12.1 Å². The molecule has 0 radical (unpaired) electrons. The van der Waals surface area contributed by atoms with E-state index in [0.717, 1.165) is 19.0 Å². The summed E-state index contributed by atoms with van der Waals surface area (Å²) in [5.74, 6) is -1.67. The molecule has 0 saturated carbocycles. The van der Waals surface area contributed by atoms with Crippen LogP contribution < -0.4 is 0 Å². The quantitative estimate of drug-likeness (QED) is 0.902. The molecule has 0 bridgehead atoms. The first-order valence-corrected chi connectivity index (χ1v) is 8.26. The van der Waals surface area contributed by atoms with Crippen molar-refractivity contribution in [2.24, 2.45) is 0 Å². The lowest BCUT2D eigenvalue weighted by Gasteiger charge is -2.28. The molecule has 7 heteroatoms. The largest absolute Gasteiger partial charge is 0.478 e. The second-order valence-electron chi connectivity index (χ2n) is 7.38. The molecule has 0 unspecified atom stereocenters. The molecular weight excluding hydrogens is 327 g/mol. The smallest absolute Gasteiger partial charge is 0.410 e. The van der Waals surface area contributed by atoms with Crippen LogP contribution in [0, 0.1) is 5.82 Å². The van der Waals surface area contributed by atoms with Gasteiger partial charge < -0.3 is 14.7 Å². The number of rotatable bonds is 4. The average molecular weight is 352 g/mol. The molecule has 25 heavy (non-hydrogen) atoms. The highest BCUT2D eigenvalue weighted by Crippen LogP contribution is 2.21. The summed E-state index contributed by atoms with van der Waals surface area (Å²) in [6.07, 6.45) is 0.418. The minimum Gasteiger partial charge on any atom is -0.478 e. The molecule has 1 fully saturated rings. The van der Waals surface area contributed by atoms with Crippen LogP contribution in [-0.2, 0) is 11.3 Å². The van der Waals surface area contributed by atoms with Crippen LogP contribution in [0.1, 0.15) is 43.1 Å². The molecule has 1 saturated heterocycles. The Bertz CT molecular complexity index is 657. The number of carboxylic acids is 1. The Morgan fingerprint density at radius 3 is 2.64 bits per heavy atom. The topological polar surface area (TPSA) is 70.1 Å². The van der Waals surface area contributed by atoms with Gasteiger partial charge in [-0.1, -0.05) is 6.07 Å². The lowest BCUT2D eigenvalue weighted by molar-refractivity contribution is 0.0228. The third-order valence-electron chi connectivity index (χ3n) is 4.17. The summed E-state index contributed by atoms with van der Waals surface area (Å²) >= 11 is 0. The summed E-state index contributed by atoms with van der Waals surface area (Å²) in [4.78, 5) is 26.6. The maximum Gasteiger partial charge on any atom is 0.410 e. The van der Waals surface area contributed by atoms with Gasteiger partial charge in [-0.2, -0.15) is 0 Å². The predicted octanol–water partition coefficient (Wildman–Crippen LogP) is 2.97. The molecule has 1 aliphatic heterocycles. The van der Waals surface area contributed by atoms with Gasteiger partial charge in [0.15, 0.2) is 0 Å². The molecule has 6 nitrogen and oxygen atoms in total. The minimum atomic E-state index is -1.15. The monoisotopic (exact) mass is 352 g/mol. The van der Waals surface area contributed by atoms with E-state index in [4.69, 9.17) is 9.84 Å². The van der Waals surface area contributed by atoms with Gasteiger partial charge in [0.1, 0.15) is 11.4 Å². The minimum absolute atomic E-state index is 0.0104. The molecule has 1 aliphatic rings. The summed E-state index contributed by atoms with van der Waals surface area (Å²) in [6, 6.07) is 3.96. The summed E-state index contributed by atoms with van der Waals surface area (Å²) < 4.78 is 19.4. The van der Waals surface area contributed by atoms with Crippen LogP contribution in [0.15, 0.2) is 18.2 Å². The summed E-state index contributed by atoms with van der Waals surface area (Å²) in [5.41, 5.74) is -0.158. The van der Waals surface area contributed by atoms with Crippen molar-refractivity contribution in [1.29, 1.82) is 0 Å². The second kappa shape index (κ2) is 7.39. The zero-order valence-electron chi connectivity index (χ0n) is 15.1. The van der Waals surface area contributed by atoms with Gasteiger partial charge in [-0.05, 0) is 39.3 Å². The van der Waals surface area contributed by atoms with Crippen LogP contribution in [0.4, 0.5) is 9.18 Å². The van der Waals surface area contributed by atoms with Crippen molar-refractivity contribution < 1.29 is 23.8 Å². The van der Waals surface area contributed by atoms with Gasteiger partial charge in [0, 0.05) is 38.3 Å². The van der Waals surface area contributed by atoms with Crippen molar-refractivity contribution in [3.63, 3.8) is 0 Å². The lowest BCUT2D eigenvalue weighted by atomic mass is 10.1. The number of carboxylic acid groups (broad SMARTS) is 1. The highest BCUT2D eigenvalue weighted by atomic mass is 19.1. The van der Waals surface area contributed by atoms with E-state index >= 15 is 0 Å². The lowest BCUT2D eigenvalue weighted by Crippen LogP contribution is -2.42. The van der Waals surface area contributed by atoms with Gasteiger partial charge in [-0.3, -0.25) is 4.90 Å². The molecule has 1 aromatic rings. The van der Waals surface area contributed by atoms with Crippen molar-refractivity contribution in [3.8, 4) is 0 Å². The standard InChI is InChI=1S/C18H25FN2O4/c1-18(2,3)25-17(24)20(4)14-7-8-21(11-14)10-13-6-5-12(16(22)23)9-15(13)19/h5-6,9,14H,7-8,10-11H2,1-4H3,(H,22,23)/t14-/m1/s1. The van der Waals surface area contributed by atoms with E-state index in [1.54, 1.807) is 11.9 Å².